The van der Waals surface area contributed by atoms with Gasteiger partial charge in [0.15, 0.2) is 0 Å². The molecule has 3 N–H and O–H groups in total. The summed E-state index contributed by atoms with van der Waals surface area (Å²) in [7, 11) is 0. The van der Waals surface area contributed by atoms with Gasteiger partial charge in [-0.3, -0.25) is 9.59 Å². The number of hydrogen-bond acceptors (Lipinski definition) is 5. The fourth-order valence-corrected chi connectivity index (χ4v) is 4.90. The Morgan fingerprint density at radius 3 is 2.27 bits per heavy atom. The van der Waals surface area contributed by atoms with Crippen LogP contribution in [0.15, 0.2) is 78.9 Å². The maximum atomic E-state index is 14.5. The molecule has 8 nitrogen and oxygen atoms in total. The van der Waals surface area contributed by atoms with E-state index in [2.05, 4.69) is 10.6 Å². The number of para-hydroxylation sites is 1. The van der Waals surface area contributed by atoms with Crippen molar-refractivity contribution in [3.05, 3.63) is 95.6 Å². The maximum absolute atomic E-state index is 14.5. The van der Waals surface area contributed by atoms with Gasteiger partial charge in [-0.1, -0.05) is 67.6 Å². The Hall–Kier alpha value is -4.33. The van der Waals surface area contributed by atoms with Crippen LogP contribution in [0.25, 0.3) is 0 Å². The third kappa shape index (κ3) is 7.87. The lowest BCUT2D eigenvalue weighted by atomic mass is 9.99. The van der Waals surface area contributed by atoms with Crippen LogP contribution in [0.4, 0.5) is 10.5 Å². The minimum Gasteiger partial charge on any atom is -0.508 e. The average molecular weight is 558 g/mol. The first kappa shape index (κ1) is 29.6. The number of hydrogen-bond donors (Lipinski definition) is 3. The van der Waals surface area contributed by atoms with E-state index < -0.39 is 35.6 Å². The highest BCUT2D eigenvalue weighted by Gasteiger charge is 2.48. The van der Waals surface area contributed by atoms with Crippen LogP contribution >= 0.6 is 0 Å². The van der Waals surface area contributed by atoms with E-state index in [4.69, 9.17) is 4.74 Å². The number of benzene rings is 3. The van der Waals surface area contributed by atoms with E-state index in [0.717, 1.165) is 11.1 Å². The van der Waals surface area contributed by atoms with Crippen molar-refractivity contribution in [2.45, 2.75) is 71.2 Å². The molecule has 0 spiro atoms. The molecule has 4 unspecified atom stereocenters. The minimum atomic E-state index is -1.05. The van der Waals surface area contributed by atoms with E-state index >= 15 is 0 Å². The lowest BCUT2D eigenvalue weighted by Gasteiger charge is -2.35. The summed E-state index contributed by atoms with van der Waals surface area (Å²) in [6.45, 7) is 9.19. The summed E-state index contributed by atoms with van der Waals surface area (Å²) in [5.41, 5.74) is 2.07. The molecule has 8 heteroatoms. The van der Waals surface area contributed by atoms with Crippen molar-refractivity contribution in [3.63, 3.8) is 0 Å². The molecule has 0 aromatic heterocycles. The van der Waals surface area contributed by atoms with Gasteiger partial charge in [-0.2, -0.15) is 0 Å². The van der Waals surface area contributed by atoms with Crippen LogP contribution in [0.2, 0.25) is 0 Å². The molecular formula is C33H39N3O5. The van der Waals surface area contributed by atoms with Crippen LogP contribution in [0.3, 0.4) is 0 Å². The molecule has 1 aliphatic rings. The summed E-state index contributed by atoms with van der Waals surface area (Å²) < 4.78 is 5.50. The van der Waals surface area contributed by atoms with Crippen molar-refractivity contribution in [3.8, 4) is 5.75 Å². The fourth-order valence-electron chi connectivity index (χ4n) is 4.90. The van der Waals surface area contributed by atoms with Crippen LogP contribution in [0.5, 0.6) is 5.75 Å². The largest absolute Gasteiger partial charge is 0.508 e. The van der Waals surface area contributed by atoms with E-state index in [1.54, 1.807) is 43.9 Å². The summed E-state index contributed by atoms with van der Waals surface area (Å²) >= 11 is 0. The van der Waals surface area contributed by atoms with Gasteiger partial charge in [0, 0.05) is 18.2 Å². The van der Waals surface area contributed by atoms with Crippen LogP contribution in [0, 0.1) is 12.8 Å². The van der Waals surface area contributed by atoms with Crippen LogP contribution in [-0.2, 0) is 20.7 Å². The van der Waals surface area contributed by atoms with Gasteiger partial charge >= 0.3 is 6.09 Å². The molecule has 3 aromatic rings. The number of carbonyl (C=O) groups excluding carboxylic acids is 3. The third-order valence-electron chi connectivity index (χ3n) is 7.07. The fraction of sp³-hybridized carbons (Fsp3) is 0.364. The lowest BCUT2D eigenvalue weighted by molar-refractivity contribution is -0.141. The number of alkyl carbamates (subject to hydrolysis) is 1. The molecule has 41 heavy (non-hydrogen) atoms. The summed E-state index contributed by atoms with van der Waals surface area (Å²) in [4.78, 5) is 43.1. The smallest absolute Gasteiger partial charge is 0.408 e. The molecule has 0 heterocycles. The standard InChI is InChI=1S/C33H39N3O5/c1-21-12-9-10-17-26(21)34-30(38)29(24-15-11-16-25(37)20-24)36(28-18-22(28)2)31(39)27(19-23-13-7-6-8-14-23)35-32(40)41-33(3,4)5/h6-17,20,22,27-29,37H,18-19H2,1-5H3,(H,34,38)(H,35,40). The van der Waals surface area contributed by atoms with Gasteiger partial charge in [-0.15, -0.1) is 0 Å². The predicted molar refractivity (Wildman–Crippen MR) is 158 cm³/mol. The summed E-state index contributed by atoms with van der Waals surface area (Å²) in [5.74, 6) is -0.667. The molecule has 216 valence electrons. The Balaban J connectivity index is 1.75. The number of aryl methyl sites for hydroxylation is 1. The molecule has 0 radical (unpaired) electrons. The molecule has 4 atom stereocenters. The Morgan fingerprint density at radius 1 is 1.00 bits per heavy atom. The summed E-state index contributed by atoms with van der Waals surface area (Å²) in [6.07, 6.45) is 0.208. The quantitative estimate of drug-likeness (QED) is 0.310. The van der Waals surface area contributed by atoms with Crippen LogP contribution in [0.1, 0.15) is 56.8 Å². The average Bonchev–Trinajstić information content (AvgIpc) is 3.62. The van der Waals surface area contributed by atoms with E-state index in [0.29, 0.717) is 17.7 Å². The number of carbonyl (C=O) groups is 3. The molecular weight excluding hydrogens is 518 g/mol. The first-order chi connectivity index (χ1) is 19.4. The van der Waals surface area contributed by atoms with Crippen LogP contribution in [-0.4, -0.2) is 45.6 Å². The molecule has 3 amide bonds. The van der Waals surface area contributed by atoms with Gasteiger partial charge in [0.2, 0.25) is 5.91 Å². The number of amides is 3. The first-order valence-corrected chi connectivity index (χ1v) is 13.9. The second-order valence-electron chi connectivity index (χ2n) is 11.7. The van der Waals surface area contributed by atoms with Crippen molar-refractivity contribution >= 4 is 23.6 Å². The van der Waals surface area contributed by atoms with Crippen molar-refractivity contribution in [2.75, 3.05) is 5.32 Å². The Labute approximate surface area is 241 Å². The number of phenolic OH excluding ortho intramolecular Hbond substituents is 1. The lowest BCUT2D eigenvalue weighted by Crippen LogP contribution is -2.54. The Morgan fingerprint density at radius 2 is 1.66 bits per heavy atom. The second-order valence-corrected chi connectivity index (χ2v) is 11.7. The SMILES string of the molecule is Cc1ccccc1NC(=O)C(c1cccc(O)c1)N(C(=O)C(Cc1ccccc1)NC(=O)OC(C)(C)C)C1CC1C. The predicted octanol–water partition coefficient (Wildman–Crippen LogP) is 5.75. The number of nitrogens with one attached hydrogen (secondary N) is 2. The highest BCUT2D eigenvalue weighted by Crippen LogP contribution is 2.41. The van der Waals surface area contributed by atoms with Gasteiger partial charge < -0.3 is 25.4 Å². The normalized spacial score (nSPS) is 17.6. The number of ether oxygens (including phenoxy) is 1. The van der Waals surface area contributed by atoms with Gasteiger partial charge in [0.05, 0.1) is 0 Å². The molecule has 1 fully saturated rings. The Kier molecular flexibility index (Phi) is 9.01. The highest BCUT2D eigenvalue weighted by molar-refractivity contribution is 5.99. The zero-order chi connectivity index (χ0) is 29.7. The van der Waals surface area contributed by atoms with E-state index in [-0.39, 0.29) is 24.1 Å². The summed E-state index contributed by atoms with van der Waals surface area (Å²) in [6, 6.07) is 20.9. The van der Waals surface area contributed by atoms with Gasteiger partial charge in [0.1, 0.15) is 23.4 Å². The van der Waals surface area contributed by atoms with E-state index in [9.17, 15) is 19.5 Å². The molecule has 1 saturated carbocycles. The van der Waals surface area contributed by atoms with Gasteiger partial charge in [-0.25, -0.2) is 4.79 Å². The Bertz CT molecular complexity index is 1380. The van der Waals surface area contributed by atoms with E-state index in [1.165, 1.54) is 12.1 Å². The first-order valence-electron chi connectivity index (χ1n) is 13.9. The topological polar surface area (TPSA) is 108 Å². The zero-order valence-corrected chi connectivity index (χ0v) is 24.3. The molecule has 0 saturated heterocycles. The number of nitrogens with zero attached hydrogens (tertiary/aromatic N) is 1. The zero-order valence-electron chi connectivity index (χ0n) is 24.3. The van der Waals surface area contributed by atoms with Crippen molar-refractivity contribution in [1.29, 1.82) is 0 Å². The number of phenols is 1. The van der Waals surface area contributed by atoms with Gasteiger partial charge in [-0.05, 0) is 74.9 Å². The van der Waals surface area contributed by atoms with Crippen molar-refractivity contribution < 1.29 is 24.2 Å². The van der Waals surface area contributed by atoms with Crippen molar-refractivity contribution in [2.24, 2.45) is 5.92 Å². The molecule has 0 aliphatic heterocycles. The molecule has 4 rings (SSSR count). The number of aromatic hydroxyl groups is 1. The number of rotatable bonds is 9. The molecule has 0 bridgehead atoms. The molecule has 3 aromatic carbocycles. The van der Waals surface area contributed by atoms with E-state index in [1.807, 2.05) is 62.4 Å². The molecule has 1 aliphatic carbocycles. The second kappa shape index (κ2) is 12.5. The monoisotopic (exact) mass is 557 g/mol. The summed E-state index contributed by atoms with van der Waals surface area (Å²) in [5, 5.41) is 16.1. The minimum absolute atomic E-state index is 0.0137. The maximum Gasteiger partial charge on any atom is 0.408 e. The third-order valence-corrected chi connectivity index (χ3v) is 7.07. The van der Waals surface area contributed by atoms with Crippen molar-refractivity contribution in [1.82, 2.24) is 10.2 Å². The van der Waals surface area contributed by atoms with Crippen LogP contribution < -0.4 is 10.6 Å². The highest BCUT2D eigenvalue weighted by atomic mass is 16.6. The van der Waals surface area contributed by atoms with Gasteiger partial charge in [0.25, 0.3) is 5.91 Å². The number of anilines is 1.